The van der Waals surface area contributed by atoms with Gasteiger partial charge < -0.3 is 4.57 Å². The van der Waals surface area contributed by atoms with Gasteiger partial charge in [-0.2, -0.15) is 4.39 Å². The molecular weight excluding hydrogens is 253 g/mol. The molecular formula is C9H7F3N4S. The van der Waals surface area contributed by atoms with Crippen molar-refractivity contribution in [3.05, 3.63) is 29.5 Å². The Kier molecular flexibility index (Phi) is 3.05. The van der Waals surface area contributed by atoms with Crippen LogP contribution in [0.25, 0.3) is 0 Å². The summed E-state index contributed by atoms with van der Waals surface area (Å²) in [5.74, 6) is -2.97. The summed E-state index contributed by atoms with van der Waals surface area (Å²) in [6.45, 7) is 1.71. The molecule has 0 spiro atoms. The number of aryl methyl sites for hydroxylation is 1. The van der Waals surface area contributed by atoms with Crippen molar-refractivity contribution < 1.29 is 13.2 Å². The van der Waals surface area contributed by atoms with Crippen LogP contribution in [0.2, 0.25) is 0 Å². The van der Waals surface area contributed by atoms with Crippen molar-refractivity contribution >= 4 is 11.8 Å². The van der Waals surface area contributed by atoms with E-state index in [1.807, 2.05) is 0 Å². The molecule has 0 radical (unpaired) electrons. The van der Waals surface area contributed by atoms with Crippen LogP contribution in [0, 0.1) is 24.5 Å². The van der Waals surface area contributed by atoms with E-state index in [0.717, 1.165) is 11.8 Å². The largest absolute Gasteiger partial charge is 0.309 e. The number of pyridine rings is 1. The SMILES string of the molecule is Cc1nnc(Sc2nc(F)c(F)cc2F)n1C. The van der Waals surface area contributed by atoms with Crippen molar-refractivity contribution in [3.63, 3.8) is 0 Å². The highest BCUT2D eigenvalue weighted by atomic mass is 32.2. The Hall–Kier alpha value is -1.57. The Morgan fingerprint density at radius 2 is 1.88 bits per heavy atom. The first-order valence-corrected chi connectivity index (χ1v) is 5.36. The van der Waals surface area contributed by atoms with Gasteiger partial charge in [-0.3, -0.25) is 0 Å². The second-order valence-electron chi connectivity index (χ2n) is 3.24. The van der Waals surface area contributed by atoms with E-state index in [1.54, 1.807) is 18.5 Å². The van der Waals surface area contributed by atoms with Gasteiger partial charge in [-0.05, 0) is 18.7 Å². The Labute approximate surface area is 98.9 Å². The number of halogens is 3. The summed E-state index contributed by atoms with van der Waals surface area (Å²) in [5, 5.41) is 7.58. The van der Waals surface area contributed by atoms with Crippen LogP contribution in [0.5, 0.6) is 0 Å². The summed E-state index contributed by atoms with van der Waals surface area (Å²) >= 11 is 0.781. The zero-order chi connectivity index (χ0) is 12.6. The molecule has 0 aromatic carbocycles. The van der Waals surface area contributed by atoms with Crippen LogP contribution >= 0.6 is 11.8 Å². The normalized spacial score (nSPS) is 10.9. The molecule has 0 bridgehead atoms. The van der Waals surface area contributed by atoms with Crippen LogP contribution in [0.1, 0.15) is 5.82 Å². The summed E-state index contributed by atoms with van der Waals surface area (Å²) in [6, 6.07) is 0.452. The molecule has 2 heterocycles. The molecule has 0 saturated heterocycles. The minimum Gasteiger partial charge on any atom is -0.309 e. The molecule has 4 nitrogen and oxygen atoms in total. The third kappa shape index (κ3) is 2.26. The van der Waals surface area contributed by atoms with Crippen LogP contribution < -0.4 is 0 Å². The first kappa shape index (κ1) is 11.9. The van der Waals surface area contributed by atoms with E-state index in [0.29, 0.717) is 17.0 Å². The molecule has 2 rings (SSSR count). The quantitative estimate of drug-likeness (QED) is 0.775. The Morgan fingerprint density at radius 3 is 2.47 bits per heavy atom. The first-order chi connectivity index (χ1) is 7.99. The summed E-state index contributed by atoms with van der Waals surface area (Å²) < 4.78 is 40.4. The van der Waals surface area contributed by atoms with Gasteiger partial charge in [0.25, 0.3) is 0 Å². The van der Waals surface area contributed by atoms with Crippen molar-refractivity contribution in [2.24, 2.45) is 7.05 Å². The Balaban J connectivity index is 2.36. The smallest absolute Gasteiger partial charge is 0.250 e. The van der Waals surface area contributed by atoms with Crippen LogP contribution in [0.4, 0.5) is 13.2 Å². The highest BCUT2D eigenvalue weighted by molar-refractivity contribution is 7.99. The third-order valence-corrected chi connectivity index (χ3v) is 3.11. The van der Waals surface area contributed by atoms with E-state index >= 15 is 0 Å². The Morgan fingerprint density at radius 1 is 1.18 bits per heavy atom. The van der Waals surface area contributed by atoms with Gasteiger partial charge in [-0.1, -0.05) is 0 Å². The molecule has 0 aliphatic rings. The zero-order valence-electron chi connectivity index (χ0n) is 8.91. The molecule has 90 valence electrons. The van der Waals surface area contributed by atoms with E-state index < -0.39 is 17.6 Å². The van der Waals surface area contributed by atoms with Crippen LogP contribution in [0.3, 0.4) is 0 Å². The molecule has 0 atom stereocenters. The molecule has 0 fully saturated rings. The number of nitrogens with zero attached hydrogens (tertiary/aromatic N) is 4. The monoisotopic (exact) mass is 260 g/mol. The average Bonchev–Trinajstić information content (AvgIpc) is 2.58. The number of aromatic nitrogens is 4. The average molecular weight is 260 g/mol. The van der Waals surface area contributed by atoms with E-state index in [-0.39, 0.29) is 5.03 Å². The van der Waals surface area contributed by atoms with Crippen molar-refractivity contribution in [2.75, 3.05) is 0 Å². The summed E-state index contributed by atoms with van der Waals surface area (Å²) in [7, 11) is 1.68. The fourth-order valence-corrected chi connectivity index (χ4v) is 1.87. The number of rotatable bonds is 2. The predicted octanol–water partition coefficient (Wildman–Crippen LogP) is 2.09. The van der Waals surface area contributed by atoms with Crippen LogP contribution in [-0.4, -0.2) is 19.7 Å². The lowest BCUT2D eigenvalue weighted by Crippen LogP contribution is -1.98. The molecule has 8 heteroatoms. The van der Waals surface area contributed by atoms with E-state index in [2.05, 4.69) is 15.2 Å². The molecule has 2 aromatic heterocycles. The number of hydrogen-bond donors (Lipinski definition) is 0. The van der Waals surface area contributed by atoms with Crippen LogP contribution in [0.15, 0.2) is 16.2 Å². The lowest BCUT2D eigenvalue weighted by atomic mass is 10.4. The summed E-state index contributed by atoms with van der Waals surface area (Å²) in [5.41, 5.74) is 0. The fourth-order valence-electron chi connectivity index (χ4n) is 1.06. The molecule has 2 aromatic rings. The maximum absolute atomic E-state index is 13.3. The van der Waals surface area contributed by atoms with Crippen molar-refractivity contribution in [2.45, 2.75) is 17.1 Å². The van der Waals surface area contributed by atoms with Gasteiger partial charge in [0, 0.05) is 13.1 Å². The van der Waals surface area contributed by atoms with Crippen LogP contribution in [-0.2, 0) is 7.05 Å². The van der Waals surface area contributed by atoms with E-state index in [1.165, 1.54) is 0 Å². The van der Waals surface area contributed by atoms with Crippen molar-refractivity contribution in [1.82, 2.24) is 19.7 Å². The molecule has 0 aliphatic carbocycles. The molecule has 0 amide bonds. The van der Waals surface area contributed by atoms with Gasteiger partial charge >= 0.3 is 0 Å². The number of hydrogen-bond acceptors (Lipinski definition) is 4. The van der Waals surface area contributed by atoms with Gasteiger partial charge in [-0.25, -0.2) is 13.8 Å². The molecule has 0 unspecified atom stereocenters. The molecule has 0 saturated carbocycles. The third-order valence-electron chi connectivity index (χ3n) is 2.10. The van der Waals surface area contributed by atoms with Crippen molar-refractivity contribution in [3.8, 4) is 0 Å². The lowest BCUT2D eigenvalue weighted by Gasteiger charge is -2.02. The van der Waals surface area contributed by atoms with Gasteiger partial charge in [0.05, 0.1) is 0 Å². The molecule has 17 heavy (non-hydrogen) atoms. The molecule has 0 aliphatic heterocycles. The van der Waals surface area contributed by atoms with E-state index in [9.17, 15) is 13.2 Å². The van der Waals surface area contributed by atoms with Gasteiger partial charge in [0.1, 0.15) is 10.9 Å². The van der Waals surface area contributed by atoms with E-state index in [4.69, 9.17) is 0 Å². The summed E-state index contributed by atoms with van der Waals surface area (Å²) in [4.78, 5) is 3.18. The predicted molar refractivity (Wildman–Crippen MR) is 54.0 cm³/mol. The minimum absolute atomic E-state index is 0.278. The highest BCUT2D eigenvalue weighted by Crippen LogP contribution is 2.27. The standard InChI is InChI=1S/C9H7F3N4S/c1-4-14-15-9(16(4)2)17-8-6(11)3-5(10)7(12)13-8/h3H,1-2H3. The van der Waals surface area contributed by atoms with Crippen molar-refractivity contribution in [1.29, 1.82) is 0 Å². The highest BCUT2D eigenvalue weighted by Gasteiger charge is 2.15. The molecule has 0 N–H and O–H groups in total. The zero-order valence-corrected chi connectivity index (χ0v) is 9.72. The second-order valence-corrected chi connectivity index (χ2v) is 4.19. The minimum atomic E-state index is -1.34. The maximum Gasteiger partial charge on any atom is 0.250 e. The summed E-state index contributed by atoms with van der Waals surface area (Å²) in [6.07, 6.45) is 0. The topological polar surface area (TPSA) is 43.6 Å². The lowest BCUT2D eigenvalue weighted by molar-refractivity contribution is 0.448. The maximum atomic E-state index is 13.3. The second kappa shape index (κ2) is 4.36. The van der Waals surface area contributed by atoms with Gasteiger partial charge in [-0.15, -0.1) is 10.2 Å². The first-order valence-electron chi connectivity index (χ1n) is 4.54. The van der Waals surface area contributed by atoms with Gasteiger partial charge in [0.2, 0.25) is 5.95 Å². The fraction of sp³-hybridized carbons (Fsp3) is 0.222. The van der Waals surface area contributed by atoms with Gasteiger partial charge in [0.15, 0.2) is 16.8 Å². The Bertz CT molecular complexity index is 570.